The lowest BCUT2D eigenvalue weighted by Gasteiger charge is -2.06. The molecule has 0 unspecified atom stereocenters. The molecule has 0 saturated heterocycles. The summed E-state index contributed by atoms with van der Waals surface area (Å²) >= 11 is 4.69. The highest BCUT2D eigenvalue weighted by Crippen LogP contribution is 2.35. The molecule has 32 heavy (non-hydrogen) atoms. The molecule has 0 aliphatic carbocycles. The molecule has 0 aliphatic heterocycles. The zero-order valence-corrected chi connectivity index (χ0v) is 18.9. The monoisotopic (exact) mass is 507 g/mol. The fourth-order valence-electron chi connectivity index (χ4n) is 3.45. The van der Waals surface area contributed by atoms with Crippen LogP contribution in [0.5, 0.6) is 0 Å². The first-order valence-corrected chi connectivity index (χ1v) is 11.3. The Morgan fingerprint density at radius 1 is 1.06 bits per heavy atom. The predicted octanol–water partition coefficient (Wildman–Crippen LogP) is 6.38. The largest absolute Gasteiger partial charge is 0.457 e. The molecule has 5 aromatic rings. The van der Waals surface area contributed by atoms with Crippen molar-refractivity contribution in [3.63, 3.8) is 0 Å². The smallest absolute Gasteiger partial charge is 0.349 e. The summed E-state index contributed by atoms with van der Waals surface area (Å²) in [5.41, 5.74) is 5.05. The molecular weight excluding hydrogens is 493 g/mol. The number of hydrogen-bond acceptors (Lipinski definition) is 5. The van der Waals surface area contributed by atoms with Crippen molar-refractivity contribution in [2.75, 3.05) is 0 Å². The number of ether oxygens (including phenoxy) is 1. The second-order valence-corrected chi connectivity index (χ2v) is 8.78. The van der Waals surface area contributed by atoms with Gasteiger partial charge in [-0.05, 0) is 87.0 Å². The minimum atomic E-state index is -0.374. The summed E-state index contributed by atoms with van der Waals surface area (Å²) in [6, 6.07) is 15.7. The number of aromatic nitrogens is 3. The SMILES string of the molecule is O=C(OCc1ccn2nc(-c3ccc(F)cc3)c(-c3ccncc3)c2c1)c1sccc1Br. The Balaban J connectivity index is 1.55. The Hall–Kier alpha value is -3.36. The van der Waals surface area contributed by atoms with E-state index in [1.807, 2.05) is 41.9 Å². The summed E-state index contributed by atoms with van der Waals surface area (Å²) in [7, 11) is 0. The van der Waals surface area contributed by atoms with Gasteiger partial charge >= 0.3 is 5.97 Å². The first-order valence-electron chi connectivity index (χ1n) is 9.68. The van der Waals surface area contributed by atoms with Crippen molar-refractivity contribution < 1.29 is 13.9 Å². The van der Waals surface area contributed by atoms with Gasteiger partial charge in [-0.3, -0.25) is 4.98 Å². The third-order valence-corrected chi connectivity index (χ3v) is 6.78. The number of halogens is 2. The van der Waals surface area contributed by atoms with Crippen molar-refractivity contribution in [2.24, 2.45) is 0 Å². The molecule has 5 nitrogen and oxygen atoms in total. The lowest BCUT2D eigenvalue weighted by Crippen LogP contribution is -2.04. The number of benzene rings is 1. The van der Waals surface area contributed by atoms with E-state index in [1.54, 1.807) is 29.0 Å². The molecule has 0 amide bonds. The number of pyridine rings is 2. The van der Waals surface area contributed by atoms with Crippen molar-refractivity contribution in [1.29, 1.82) is 0 Å². The van der Waals surface area contributed by atoms with Crippen LogP contribution in [0.2, 0.25) is 0 Å². The van der Waals surface area contributed by atoms with Gasteiger partial charge in [0.25, 0.3) is 0 Å². The van der Waals surface area contributed by atoms with Crippen LogP contribution in [0.4, 0.5) is 4.39 Å². The highest BCUT2D eigenvalue weighted by atomic mass is 79.9. The topological polar surface area (TPSA) is 56.5 Å². The van der Waals surface area contributed by atoms with Gasteiger partial charge in [-0.2, -0.15) is 5.10 Å². The second-order valence-electron chi connectivity index (χ2n) is 7.00. The quantitative estimate of drug-likeness (QED) is 0.259. The maximum atomic E-state index is 13.5. The summed E-state index contributed by atoms with van der Waals surface area (Å²) < 4.78 is 21.5. The summed E-state index contributed by atoms with van der Waals surface area (Å²) in [5, 5.41) is 6.57. The average molecular weight is 508 g/mol. The van der Waals surface area contributed by atoms with Crippen molar-refractivity contribution in [1.82, 2.24) is 14.6 Å². The van der Waals surface area contributed by atoms with Crippen LogP contribution in [0.3, 0.4) is 0 Å². The number of fused-ring (bicyclic) bond motifs is 1. The molecule has 0 fully saturated rings. The number of thiophene rings is 1. The maximum Gasteiger partial charge on any atom is 0.349 e. The van der Waals surface area contributed by atoms with Crippen LogP contribution in [-0.4, -0.2) is 20.6 Å². The van der Waals surface area contributed by atoms with E-state index in [9.17, 15) is 9.18 Å². The van der Waals surface area contributed by atoms with E-state index in [0.717, 1.165) is 37.9 Å². The molecule has 0 radical (unpaired) electrons. The minimum Gasteiger partial charge on any atom is -0.457 e. The number of carbonyl (C=O) groups is 1. The molecule has 0 saturated carbocycles. The Morgan fingerprint density at radius 2 is 1.84 bits per heavy atom. The third kappa shape index (κ3) is 3.94. The molecular formula is C24H15BrFN3O2S. The summed E-state index contributed by atoms with van der Waals surface area (Å²) in [6.07, 6.45) is 5.27. The lowest BCUT2D eigenvalue weighted by atomic mass is 10.0. The Bertz CT molecular complexity index is 1410. The van der Waals surface area contributed by atoms with E-state index in [2.05, 4.69) is 20.9 Å². The molecule has 158 valence electrons. The highest BCUT2D eigenvalue weighted by Gasteiger charge is 2.18. The van der Waals surface area contributed by atoms with Gasteiger partial charge in [-0.25, -0.2) is 13.7 Å². The second kappa shape index (κ2) is 8.64. The molecule has 0 N–H and O–H groups in total. The highest BCUT2D eigenvalue weighted by molar-refractivity contribution is 9.10. The zero-order valence-electron chi connectivity index (χ0n) is 16.5. The minimum absolute atomic E-state index is 0.131. The van der Waals surface area contributed by atoms with E-state index in [4.69, 9.17) is 9.84 Å². The van der Waals surface area contributed by atoms with E-state index in [1.165, 1.54) is 23.5 Å². The molecule has 0 atom stereocenters. The van der Waals surface area contributed by atoms with Gasteiger partial charge in [0, 0.05) is 34.2 Å². The van der Waals surface area contributed by atoms with Gasteiger partial charge in [0.1, 0.15) is 23.0 Å². The van der Waals surface area contributed by atoms with E-state index < -0.39 is 0 Å². The Kier molecular flexibility index (Phi) is 5.55. The first-order chi connectivity index (χ1) is 15.6. The third-order valence-electron chi connectivity index (χ3n) is 4.96. The molecule has 8 heteroatoms. The molecule has 5 rings (SSSR count). The van der Waals surface area contributed by atoms with Crippen molar-refractivity contribution in [3.8, 4) is 22.4 Å². The van der Waals surface area contributed by atoms with Gasteiger partial charge in [-0.1, -0.05) is 0 Å². The number of rotatable bonds is 5. The zero-order chi connectivity index (χ0) is 22.1. The van der Waals surface area contributed by atoms with Crippen LogP contribution >= 0.6 is 27.3 Å². The van der Waals surface area contributed by atoms with Crippen LogP contribution in [0.25, 0.3) is 27.9 Å². The standard InChI is InChI=1S/C24H15BrFN3O2S/c25-19-8-12-32-23(19)24(30)31-14-15-7-11-29-20(13-15)21(16-5-9-27-10-6-16)22(28-29)17-1-3-18(26)4-2-17/h1-13H,14H2. The molecule has 0 bridgehead atoms. The Morgan fingerprint density at radius 3 is 2.56 bits per heavy atom. The summed E-state index contributed by atoms with van der Waals surface area (Å²) in [5.74, 6) is -0.675. The summed E-state index contributed by atoms with van der Waals surface area (Å²) in [6.45, 7) is 0.131. The van der Waals surface area contributed by atoms with Crippen LogP contribution < -0.4 is 0 Å². The molecule has 0 spiro atoms. The van der Waals surface area contributed by atoms with E-state index in [-0.39, 0.29) is 18.4 Å². The van der Waals surface area contributed by atoms with Gasteiger partial charge < -0.3 is 4.74 Å². The summed E-state index contributed by atoms with van der Waals surface area (Å²) in [4.78, 5) is 17.0. The van der Waals surface area contributed by atoms with Crippen molar-refractivity contribution >= 4 is 38.8 Å². The molecule has 0 aliphatic rings. The van der Waals surface area contributed by atoms with Gasteiger partial charge in [0.05, 0.1) is 5.52 Å². The number of hydrogen-bond donors (Lipinski definition) is 0. The maximum absolute atomic E-state index is 13.5. The predicted molar refractivity (Wildman–Crippen MR) is 125 cm³/mol. The van der Waals surface area contributed by atoms with Gasteiger partial charge in [0.2, 0.25) is 0 Å². The number of nitrogens with zero attached hydrogens (tertiary/aromatic N) is 3. The Labute approximate surface area is 195 Å². The van der Waals surface area contributed by atoms with Crippen LogP contribution in [0, 0.1) is 5.82 Å². The number of carbonyl (C=O) groups excluding carboxylic acids is 1. The van der Waals surface area contributed by atoms with E-state index >= 15 is 0 Å². The van der Waals surface area contributed by atoms with E-state index in [0.29, 0.717) is 4.88 Å². The number of esters is 1. The lowest BCUT2D eigenvalue weighted by molar-refractivity contribution is 0.0477. The fraction of sp³-hybridized carbons (Fsp3) is 0.0417. The van der Waals surface area contributed by atoms with Crippen LogP contribution in [0.15, 0.2) is 83.0 Å². The van der Waals surface area contributed by atoms with Crippen molar-refractivity contribution in [2.45, 2.75) is 6.61 Å². The van der Waals surface area contributed by atoms with Crippen LogP contribution in [-0.2, 0) is 11.3 Å². The first kappa shape index (κ1) is 20.5. The van der Waals surface area contributed by atoms with Crippen molar-refractivity contribution in [3.05, 3.63) is 99.3 Å². The van der Waals surface area contributed by atoms with Gasteiger partial charge in [0.15, 0.2) is 0 Å². The van der Waals surface area contributed by atoms with Crippen LogP contribution in [0.1, 0.15) is 15.2 Å². The normalized spacial score (nSPS) is 11.1. The molecule has 4 aromatic heterocycles. The fourth-order valence-corrected chi connectivity index (χ4v) is 4.87. The van der Waals surface area contributed by atoms with Gasteiger partial charge in [-0.15, -0.1) is 11.3 Å². The average Bonchev–Trinajstić information content (AvgIpc) is 3.41. The molecule has 1 aromatic carbocycles. The molecule has 4 heterocycles.